The van der Waals surface area contributed by atoms with E-state index in [4.69, 9.17) is 14.2 Å². The average molecular weight is 403 g/mol. The van der Waals surface area contributed by atoms with Crippen LogP contribution in [0.25, 0.3) is 0 Å². The highest BCUT2D eigenvalue weighted by atomic mass is 16.6. The maximum absolute atomic E-state index is 11.1. The van der Waals surface area contributed by atoms with Crippen LogP contribution in [0, 0.1) is 18.8 Å². The summed E-state index contributed by atoms with van der Waals surface area (Å²) in [6.07, 6.45) is 7.23. The molecule has 1 saturated heterocycles. The van der Waals surface area contributed by atoms with Crippen LogP contribution in [-0.4, -0.2) is 35.4 Å². The van der Waals surface area contributed by atoms with Gasteiger partial charge in [-0.1, -0.05) is 34.1 Å². The number of H-pyrrole nitrogens is 1. The smallest absolute Gasteiger partial charge is 0.251 e. The van der Waals surface area contributed by atoms with Gasteiger partial charge >= 0.3 is 0 Å². The third-order valence-electron chi connectivity index (χ3n) is 5.37. The Labute approximate surface area is 173 Å². The fourth-order valence-corrected chi connectivity index (χ4v) is 2.73. The molecule has 1 aliphatic heterocycles. The molecule has 2 aromatic heterocycles. The van der Waals surface area contributed by atoms with Gasteiger partial charge in [0.1, 0.15) is 17.1 Å². The van der Waals surface area contributed by atoms with E-state index < -0.39 is 0 Å². The summed E-state index contributed by atoms with van der Waals surface area (Å²) in [4.78, 5) is 17.6. The maximum atomic E-state index is 11.1. The van der Waals surface area contributed by atoms with E-state index >= 15 is 0 Å². The molecule has 0 aromatic carbocycles. The highest BCUT2D eigenvalue weighted by Gasteiger charge is 2.42. The Morgan fingerprint density at radius 1 is 1.28 bits per heavy atom. The SMILES string of the molecule is CCC(C)CCOC1(C(C)C)COC1.Cc1cc(Oc2cccnc2)c[nH]c1=O. The normalized spacial score (nSPS) is 15.8. The van der Waals surface area contributed by atoms with Crippen molar-refractivity contribution in [1.29, 1.82) is 0 Å². The first-order valence-corrected chi connectivity index (χ1v) is 10.3. The number of nitrogens with zero attached hydrogens (tertiary/aromatic N) is 1. The summed E-state index contributed by atoms with van der Waals surface area (Å²) < 4.78 is 16.7. The van der Waals surface area contributed by atoms with E-state index in [2.05, 4.69) is 37.7 Å². The Morgan fingerprint density at radius 3 is 2.55 bits per heavy atom. The summed E-state index contributed by atoms with van der Waals surface area (Å²) in [5.41, 5.74) is 0.554. The van der Waals surface area contributed by atoms with Crippen molar-refractivity contribution in [3.63, 3.8) is 0 Å². The largest absolute Gasteiger partial charge is 0.454 e. The number of aryl methyl sites for hydroxylation is 1. The van der Waals surface area contributed by atoms with Crippen LogP contribution in [0.5, 0.6) is 11.5 Å². The molecule has 0 bridgehead atoms. The lowest BCUT2D eigenvalue weighted by atomic mass is 9.88. The van der Waals surface area contributed by atoms with E-state index in [-0.39, 0.29) is 11.2 Å². The van der Waals surface area contributed by atoms with Crippen LogP contribution in [0.1, 0.15) is 46.1 Å². The Balaban J connectivity index is 0.000000208. The van der Waals surface area contributed by atoms with Crippen LogP contribution in [0.4, 0.5) is 0 Å². The van der Waals surface area contributed by atoms with Crippen molar-refractivity contribution in [2.75, 3.05) is 19.8 Å². The number of hydrogen-bond acceptors (Lipinski definition) is 5. The molecular formula is C23H34N2O4. The van der Waals surface area contributed by atoms with Gasteiger partial charge in [-0.05, 0) is 43.4 Å². The van der Waals surface area contributed by atoms with E-state index in [1.807, 2.05) is 0 Å². The summed E-state index contributed by atoms with van der Waals surface area (Å²) >= 11 is 0. The molecule has 0 radical (unpaired) electrons. The molecule has 0 aliphatic carbocycles. The minimum atomic E-state index is -0.103. The summed E-state index contributed by atoms with van der Waals surface area (Å²) in [6, 6.07) is 5.27. The summed E-state index contributed by atoms with van der Waals surface area (Å²) in [5.74, 6) is 2.58. The van der Waals surface area contributed by atoms with Gasteiger partial charge in [0, 0.05) is 24.6 Å². The predicted molar refractivity (Wildman–Crippen MR) is 115 cm³/mol. The molecule has 3 rings (SSSR count). The minimum absolute atomic E-state index is 0.0352. The van der Waals surface area contributed by atoms with E-state index in [1.165, 1.54) is 19.0 Å². The van der Waals surface area contributed by atoms with Gasteiger partial charge in [-0.25, -0.2) is 0 Å². The second-order valence-corrected chi connectivity index (χ2v) is 8.00. The lowest BCUT2D eigenvalue weighted by Gasteiger charge is -2.44. The van der Waals surface area contributed by atoms with Gasteiger partial charge in [0.15, 0.2) is 0 Å². The molecule has 6 nitrogen and oxygen atoms in total. The molecule has 160 valence electrons. The molecule has 6 heteroatoms. The Bertz CT molecular complexity index is 785. The van der Waals surface area contributed by atoms with Crippen LogP contribution in [0.3, 0.4) is 0 Å². The number of hydrogen-bond donors (Lipinski definition) is 1. The first-order chi connectivity index (χ1) is 13.9. The van der Waals surface area contributed by atoms with Crippen LogP contribution in [0.2, 0.25) is 0 Å². The predicted octanol–water partition coefficient (Wildman–Crippen LogP) is 4.73. The molecule has 0 spiro atoms. The van der Waals surface area contributed by atoms with Gasteiger partial charge in [0.25, 0.3) is 5.56 Å². The molecule has 1 atom stereocenters. The second-order valence-electron chi connectivity index (χ2n) is 8.00. The molecule has 0 saturated carbocycles. The lowest BCUT2D eigenvalue weighted by Crippen LogP contribution is -2.56. The van der Waals surface area contributed by atoms with Gasteiger partial charge in [-0.15, -0.1) is 0 Å². The van der Waals surface area contributed by atoms with Crippen LogP contribution in [0.15, 0.2) is 41.6 Å². The maximum Gasteiger partial charge on any atom is 0.251 e. The highest BCUT2D eigenvalue weighted by Crippen LogP contribution is 2.30. The molecule has 1 unspecified atom stereocenters. The van der Waals surface area contributed by atoms with Crippen molar-refractivity contribution >= 4 is 0 Å². The van der Waals surface area contributed by atoms with Crippen molar-refractivity contribution in [2.24, 2.45) is 11.8 Å². The second kappa shape index (κ2) is 11.1. The fourth-order valence-electron chi connectivity index (χ4n) is 2.73. The topological polar surface area (TPSA) is 73.4 Å². The van der Waals surface area contributed by atoms with Crippen molar-refractivity contribution in [3.05, 3.63) is 52.7 Å². The number of aromatic nitrogens is 2. The highest BCUT2D eigenvalue weighted by molar-refractivity contribution is 5.28. The molecule has 29 heavy (non-hydrogen) atoms. The number of nitrogens with one attached hydrogen (secondary N) is 1. The van der Waals surface area contributed by atoms with Gasteiger partial charge < -0.3 is 19.2 Å². The molecule has 1 aliphatic rings. The summed E-state index contributed by atoms with van der Waals surface area (Å²) in [6.45, 7) is 13.1. The molecule has 1 N–H and O–H groups in total. The van der Waals surface area contributed by atoms with Gasteiger partial charge in [-0.2, -0.15) is 0 Å². The van der Waals surface area contributed by atoms with Gasteiger partial charge in [0.05, 0.1) is 19.4 Å². The summed E-state index contributed by atoms with van der Waals surface area (Å²) in [5, 5.41) is 0. The molecule has 2 aromatic rings. The van der Waals surface area contributed by atoms with E-state index in [9.17, 15) is 4.79 Å². The van der Waals surface area contributed by atoms with Gasteiger partial charge in [0.2, 0.25) is 0 Å². The van der Waals surface area contributed by atoms with Crippen molar-refractivity contribution in [3.8, 4) is 11.5 Å². The molecule has 1 fully saturated rings. The van der Waals surface area contributed by atoms with E-state index in [1.54, 1.807) is 37.5 Å². The fraction of sp³-hybridized carbons (Fsp3) is 0.565. The summed E-state index contributed by atoms with van der Waals surface area (Å²) in [7, 11) is 0. The Hall–Kier alpha value is -2.18. The third-order valence-corrected chi connectivity index (χ3v) is 5.37. The Morgan fingerprint density at radius 2 is 2.03 bits per heavy atom. The first-order valence-electron chi connectivity index (χ1n) is 10.3. The number of ether oxygens (including phenoxy) is 3. The number of rotatable bonds is 8. The van der Waals surface area contributed by atoms with Crippen molar-refractivity contribution in [1.82, 2.24) is 9.97 Å². The minimum Gasteiger partial charge on any atom is -0.454 e. The molecule has 0 amide bonds. The number of pyridine rings is 2. The molecular weight excluding hydrogens is 368 g/mol. The van der Waals surface area contributed by atoms with Crippen molar-refractivity contribution in [2.45, 2.75) is 53.1 Å². The van der Waals surface area contributed by atoms with E-state index in [0.29, 0.717) is 23.0 Å². The molecule has 3 heterocycles. The standard InChI is InChI=1S/C12H24O2.C11H10N2O2/c1-5-11(4)6-7-14-12(10(2)3)8-13-9-12;1-8-5-10(7-13-11(8)14)15-9-3-2-4-12-6-9/h10-11H,5-9H2,1-4H3;2-7H,1H3,(H,13,14). The zero-order valence-corrected chi connectivity index (χ0v) is 18.2. The van der Waals surface area contributed by atoms with Crippen LogP contribution < -0.4 is 10.3 Å². The zero-order valence-electron chi connectivity index (χ0n) is 18.2. The first kappa shape index (κ1) is 23.1. The monoisotopic (exact) mass is 402 g/mol. The van der Waals surface area contributed by atoms with E-state index in [0.717, 1.165) is 25.7 Å². The van der Waals surface area contributed by atoms with Gasteiger partial charge in [-0.3, -0.25) is 9.78 Å². The number of aromatic amines is 1. The van der Waals surface area contributed by atoms with Crippen LogP contribution in [-0.2, 0) is 9.47 Å². The Kier molecular flexibility index (Phi) is 8.86. The average Bonchev–Trinajstić information content (AvgIpc) is 2.67. The lowest BCUT2D eigenvalue weighted by molar-refractivity contribution is -0.231. The van der Waals surface area contributed by atoms with Crippen LogP contribution >= 0.6 is 0 Å². The van der Waals surface area contributed by atoms with Crippen molar-refractivity contribution < 1.29 is 14.2 Å². The third kappa shape index (κ3) is 6.98. The zero-order chi connectivity index (χ0) is 21.3. The quantitative estimate of drug-likeness (QED) is 0.691.